The Kier molecular flexibility index (Phi) is 3.84. The molecule has 1 aromatic heterocycles. The van der Waals surface area contributed by atoms with Gasteiger partial charge in [-0.25, -0.2) is 4.79 Å². The van der Waals surface area contributed by atoms with Crippen LogP contribution in [0.4, 0.5) is 5.69 Å². The number of benzene rings is 1. The van der Waals surface area contributed by atoms with E-state index in [0.29, 0.717) is 17.8 Å². The van der Waals surface area contributed by atoms with E-state index in [1.807, 2.05) is 13.8 Å². The van der Waals surface area contributed by atoms with Crippen molar-refractivity contribution in [3.8, 4) is 0 Å². The van der Waals surface area contributed by atoms with Crippen molar-refractivity contribution in [2.75, 3.05) is 5.32 Å². The minimum Gasteiger partial charge on any atom is -0.478 e. The van der Waals surface area contributed by atoms with Crippen LogP contribution in [-0.4, -0.2) is 26.8 Å². The Morgan fingerprint density at radius 3 is 2.45 bits per heavy atom. The van der Waals surface area contributed by atoms with Gasteiger partial charge in [-0.1, -0.05) is 0 Å². The van der Waals surface area contributed by atoms with Gasteiger partial charge in [0.25, 0.3) is 5.91 Å². The smallest absolute Gasteiger partial charge is 0.335 e. The van der Waals surface area contributed by atoms with Gasteiger partial charge < -0.3 is 10.4 Å². The fraction of sp³-hybridized carbons (Fsp3) is 0.214. The van der Waals surface area contributed by atoms with E-state index in [1.165, 1.54) is 18.3 Å². The molecule has 20 heavy (non-hydrogen) atoms. The molecule has 104 valence electrons. The highest BCUT2D eigenvalue weighted by Gasteiger charge is 2.13. The van der Waals surface area contributed by atoms with Crippen LogP contribution in [0.3, 0.4) is 0 Å². The number of carboxylic acids is 1. The van der Waals surface area contributed by atoms with Gasteiger partial charge >= 0.3 is 5.97 Å². The van der Waals surface area contributed by atoms with Gasteiger partial charge in [-0.05, 0) is 38.1 Å². The molecular weight excluding hydrogens is 258 g/mol. The molecule has 0 saturated heterocycles. The monoisotopic (exact) mass is 273 g/mol. The standard InChI is InChI=1S/C14H15N3O3/c1-3-17-9(2)12(8-15-17)13(18)16-11-6-4-10(5-7-11)14(19)20/h4-8H,3H2,1-2H3,(H,16,18)(H,19,20). The van der Waals surface area contributed by atoms with Crippen LogP contribution in [0.25, 0.3) is 0 Å². The summed E-state index contributed by atoms with van der Waals surface area (Å²) in [5, 5.41) is 15.6. The first-order chi connectivity index (χ1) is 9.52. The Morgan fingerprint density at radius 1 is 1.30 bits per heavy atom. The number of aromatic carboxylic acids is 1. The molecule has 1 aromatic carbocycles. The topological polar surface area (TPSA) is 84.2 Å². The fourth-order valence-corrected chi connectivity index (χ4v) is 1.88. The molecule has 0 fully saturated rings. The van der Waals surface area contributed by atoms with Crippen molar-refractivity contribution < 1.29 is 14.7 Å². The predicted octanol–water partition coefficient (Wildman–Crippen LogP) is 2.16. The molecule has 0 unspecified atom stereocenters. The Hall–Kier alpha value is -2.63. The third kappa shape index (κ3) is 2.69. The van der Waals surface area contributed by atoms with Crippen molar-refractivity contribution in [2.24, 2.45) is 0 Å². The summed E-state index contributed by atoms with van der Waals surface area (Å²) in [7, 11) is 0. The Labute approximate surface area is 116 Å². The average molecular weight is 273 g/mol. The van der Waals surface area contributed by atoms with Crippen LogP contribution in [-0.2, 0) is 6.54 Å². The molecule has 6 heteroatoms. The second kappa shape index (κ2) is 5.56. The number of aryl methyl sites for hydroxylation is 1. The lowest BCUT2D eigenvalue weighted by Gasteiger charge is -2.05. The van der Waals surface area contributed by atoms with Gasteiger partial charge in [-0.3, -0.25) is 9.48 Å². The van der Waals surface area contributed by atoms with E-state index in [0.717, 1.165) is 5.69 Å². The lowest BCUT2D eigenvalue weighted by atomic mass is 10.2. The van der Waals surface area contributed by atoms with Crippen LogP contribution in [0.15, 0.2) is 30.5 Å². The molecule has 1 amide bonds. The zero-order valence-corrected chi connectivity index (χ0v) is 11.3. The van der Waals surface area contributed by atoms with Crippen molar-refractivity contribution in [3.05, 3.63) is 47.3 Å². The Morgan fingerprint density at radius 2 is 1.95 bits per heavy atom. The molecule has 6 nitrogen and oxygen atoms in total. The molecule has 0 aliphatic heterocycles. The Bertz CT molecular complexity index is 644. The lowest BCUT2D eigenvalue weighted by Crippen LogP contribution is -2.13. The maximum atomic E-state index is 12.1. The summed E-state index contributed by atoms with van der Waals surface area (Å²) < 4.78 is 1.74. The van der Waals surface area contributed by atoms with Crippen LogP contribution < -0.4 is 5.32 Å². The van der Waals surface area contributed by atoms with E-state index in [2.05, 4.69) is 10.4 Å². The van der Waals surface area contributed by atoms with E-state index in [1.54, 1.807) is 16.8 Å². The molecule has 0 aliphatic rings. The SMILES string of the molecule is CCn1ncc(C(=O)Nc2ccc(C(=O)O)cc2)c1C. The number of aromatic nitrogens is 2. The van der Waals surface area contributed by atoms with E-state index < -0.39 is 5.97 Å². The predicted molar refractivity (Wildman–Crippen MR) is 74.0 cm³/mol. The van der Waals surface area contributed by atoms with Gasteiger partial charge in [0.15, 0.2) is 0 Å². The molecule has 2 N–H and O–H groups in total. The number of hydrogen-bond acceptors (Lipinski definition) is 3. The zero-order valence-electron chi connectivity index (χ0n) is 11.3. The van der Waals surface area contributed by atoms with E-state index in [9.17, 15) is 9.59 Å². The number of anilines is 1. The molecule has 0 bridgehead atoms. The molecule has 1 heterocycles. The van der Waals surface area contributed by atoms with Crippen molar-refractivity contribution >= 4 is 17.6 Å². The number of hydrogen-bond donors (Lipinski definition) is 2. The molecule has 0 atom stereocenters. The van der Waals surface area contributed by atoms with Gasteiger partial charge in [0, 0.05) is 17.9 Å². The largest absolute Gasteiger partial charge is 0.478 e. The maximum Gasteiger partial charge on any atom is 0.335 e. The second-order valence-electron chi connectivity index (χ2n) is 4.30. The Balaban J connectivity index is 2.14. The molecule has 0 saturated carbocycles. The van der Waals surface area contributed by atoms with Crippen LogP contribution in [0, 0.1) is 6.92 Å². The summed E-state index contributed by atoms with van der Waals surface area (Å²) >= 11 is 0. The van der Waals surface area contributed by atoms with Crippen LogP contribution in [0.1, 0.15) is 33.3 Å². The highest BCUT2D eigenvalue weighted by atomic mass is 16.4. The molecule has 0 aliphatic carbocycles. The summed E-state index contributed by atoms with van der Waals surface area (Å²) in [5.41, 5.74) is 2.03. The van der Waals surface area contributed by atoms with Crippen molar-refractivity contribution in [3.63, 3.8) is 0 Å². The highest BCUT2D eigenvalue weighted by Crippen LogP contribution is 2.13. The first-order valence-corrected chi connectivity index (χ1v) is 6.20. The van der Waals surface area contributed by atoms with E-state index >= 15 is 0 Å². The van der Waals surface area contributed by atoms with Crippen molar-refractivity contribution in [1.82, 2.24) is 9.78 Å². The van der Waals surface area contributed by atoms with E-state index in [-0.39, 0.29) is 11.5 Å². The van der Waals surface area contributed by atoms with Gasteiger partial charge in [0.05, 0.1) is 17.3 Å². The summed E-state index contributed by atoms with van der Waals surface area (Å²) in [6.45, 7) is 4.48. The molecule has 2 aromatic rings. The number of carbonyl (C=O) groups excluding carboxylic acids is 1. The zero-order chi connectivity index (χ0) is 14.7. The number of nitrogens with zero attached hydrogens (tertiary/aromatic N) is 2. The van der Waals surface area contributed by atoms with Crippen molar-refractivity contribution in [1.29, 1.82) is 0 Å². The first kappa shape index (κ1) is 13.8. The number of amides is 1. The number of nitrogens with one attached hydrogen (secondary N) is 1. The summed E-state index contributed by atoms with van der Waals surface area (Å²) in [6, 6.07) is 6.00. The van der Waals surface area contributed by atoms with Crippen LogP contribution in [0.5, 0.6) is 0 Å². The molecular formula is C14H15N3O3. The molecule has 2 rings (SSSR count). The number of carboxylic acid groups (broad SMARTS) is 1. The quantitative estimate of drug-likeness (QED) is 0.894. The minimum absolute atomic E-state index is 0.179. The van der Waals surface area contributed by atoms with Gasteiger partial charge in [0.2, 0.25) is 0 Å². The summed E-state index contributed by atoms with van der Waals surface area (Å²) in [4.78, 5) is 22.8. The average Bonchev–Trinajstić information content (AvgIpc) is 2.80. The minimum atomic E-state index is -0.997. The lowest BCUT2D eigenvalue weighted by molar-refractivity contribution is 0.0696. The van der Waals surface area contributed by atoms with Gasteiger partial charge in [0.1, 0.15) is 0 Å². The summed E-state index contributed by atoms with van der Waals surface area (Å²) in [5.74, 6) is -1.26. The normalized spacial score (nSPS) is 10.3. The van der Waals surface area contributed by atoms with E-state index in [4.69, 9.17) is 5.11 Å². The maximum absolute atomic E-state index is 12.1. The summed E-state index contributed by atoms with van der Waals surface area (Å²) in [6.07, 6.45) is 1.53. The number of carbonyl (C=O) groups is 2. The van der Waals surface area contributed by atoms with Crippen LogP contribution in [0.2, 0.25) is 0 Å². The third-order valence-corrected chi connectivity index (χ3v) is 3.04. The first-order valence-electron chi connectivity index (χ1n) is 6.20. The van der Waals surface area contributed by atoms with Crippen LogP contribution >= 0.6 is 0 Å². The molecule has 0 spiro atoms. The van der Waals surface area contributed by atoms with Gasteiger partial charge in [-0.15, -0.1) is 0 Å². The number of rotatable bonds is 4. The van der Waals surface area contributed by atoms with Crippen molar-refractivity contribution in [2.45, 2.75) is 20.4 Å². The molecule has 0 radical (unpaired) electrons. The van der Waals surface area contributed by atoms with Gasteiger partial charge in [-0.2, -0.15) is 5.10 Å². The fourth-order valence-electron chi connectivity index (χ4n) is 1.88. The highest BCUT2D eigenvalue weighted by molar-refractivity contribution is 6.05. The second-order valence-corrected chi connectivity index (χ2v) is 4.30. The third-order valence-electron chi connectivity index (χ3n) is 3.04.